The molecule has 0 aromatic rings. The van der Waals surface area contributed by atoms with Crippen molar-refractivity contribution in [1.82, 2.24) is 0 Å². The number of rotatable bonds is 0. The average Bonchev–Trinajstić information content (AvgIpc) is 2.63. The molecule has 1 heteroatoms. The fourth-order valence-electron chi connectivity index (χ4n) is 2.26. The lowest BCUT2D eigenvalue weighted by Gasteiger charge is -1.91. The first-order chi connectivity index (χ1) is 5.79. The summed E-state index contributed by atoms with van der Waals surface area (Å²) in [5.41, 5.74) is 0. The Balaban J connectivity index is 0.000000206. The summed E-state index contributed by atoms with van der Waals surface area (Å²) in [7, 11) is 0. The van der Waals surface area contributed by atoms with Gasteiger partial charge in [0.2, 0.25) is 0 Å². The van der Waals surface area contributed by atoms with Gasteiger partial charge in [0.15, 0.2) is 0 Å². The van der Waals surface area contributed by atoms with Crippen LogP contribution in [-0.2, 0) is 0 Å². The van der Waals surface area contributed by atoms with Crippen LogP contribution in [0.5, 0.6) is 0 Å². The summed E-state index contributed by atoms with van der Waals surface area (Å²) in [6.07, 6.45) is 11.9. The Morgan fingerprint density at radius 1 is 0.615 bits per heavy atom. The predicted molar refractivity (Wildman–Crippen MR) is 61.0 cm³/mol. The van der Waals surface area contributed by atoms with Gasteiger partial charge in [-0.1, -0.05) is 65.2 Å². The van der Waals surface area contributed by atoms with Gasteiger partial charge < -0.3 is 0 Å². The molecule has 0 atom stereocenters. The summed E-state index contributed by atoms with van der Waals surface area (Å²) in [5.74, 6) is 2.09. The zero-order valence-electron chi connectivity index (χ0n) is 9.39. The third-order valence-electron chi connectivity index (χ3n) is 3.29. The normalized spacial score (nSPS) is 23.5. The Kier molecular flexibility index (Phi) is 7.50. The Bertz CT molecular complexity index is 85.7. The summed E-state index contributed by atoms with van der Waals surface area (Å²) < 4.78 is 0. The second-order valence-corrected chi connectivity index (χ2v) is 4.78. The van der Waals surface area contributed by atoms with Crippen LogP contribution in [0.2, 0.25) is 0 Å². The lowest BCUT2D eigenvalue weighted by molar-refractivity contribution is 0.612. The van der Waals surface area contributed by atoms with Gasteiger partial charge in [0.1, 0.15) is 0 Å². The van der Waals surface area contributed by atoms with Crippen LogP contribution in [0.1, 0.15) is 65.2 Å². The van der Waals surface area contributed by atoms with Gasteiger partial charge in [-0.2, -0.15) is 0 Å². The van der Waals surface area contributed by atoms with Crippen LogP contribution >= 0.6 is 0 Å². The largest absolute Gasteiger partial charge is 0.0625 e. The molecule has 0 N–H and O–H groups in total. The molecule has 3 radical (unpaired) electrons. The monoisotopic (exact) mass is 179 g/mol. The molecule has 0 aromatic heterocycles. The molecule has 0 bridgehead atoms. The van der Waals surface area contributed by atoms with E-state index in [1.54, 1.807) is 0 Å². The molecule has 0 aliphatic heterocycles. The molecule has 0 unspecified atom stereocenters. The molecule has 2 aliphatic carbocycles. The van der Waals surface area contributed by atoms with E-state index in [4.69, 9.17) is 0 Å². The van der Waals surface area contributed by atoms with E-state index in [-0.39, 0.29) is 8.41 Å². The van der Waals surface area contributed by atoms with E-state index in [1.165, 1.54) is 51.4 Å². The fourth-order valence-corrected chi connectivity index (χ4v) is 2.26. The maximum Gasteiger partial charge on any atom is 0 e. The van der Waals surface area contributed by atoms with Gasteiger partial charge in [0.25, 0.3) is 0 Å². The summed E-state index contributed by atoms with van der Waals surface area (Å²) in [4.78, 5) is 0. The first kappa shape index (κ1) is 13.1. The highest BCUT2D eigenvalue weighted by Gasteiger charge is 2.07. The molecule has 0 heterocycles. The molecule has 0 amide bonds. The zero-order chi connectivity index (χ0) is 8.81. The van der Waals surface area contributed by atoms with Crippen molar-refractivity contribution in [1.29, 1.82) is 0 Å². The van der Waals surface area contributed by atoms with Crippen molar-refractivity contribution >= 4 is 8.41 Å². The van der Waals surface area contributed by atoms with Crippen LogP contribution in [0.3, 0.4) is 0 Å². The van der Waals surface area contributed by atoms with Crippen molar-refractivity contribution < 1.29 is 0 Å². The minimum Gasteiger partial charge on any atom is -0.0625 e. The van der Waals surface area contributed by atoms with E-state index in [0.29, 0.717) is 0 Å². The summed E-state index contributed by atoms with van der Waals surface area (Å²) in [6.45, 7) is 4.68. The fraction of sp³-hybridized carbons (Fsp3) is 1.00. The smallest absolute Gasteiger partial charge is 0 e. The quantitative estimate of drug-likeness (QED) is 0.493. The van der Waals surface area contributed by atoms with Crippen molar-refractivity contribution in [3.05, 3.63) is 0 Å². The van der Waals surface area contributed by atoms with E-state index in [9.17, 15) is 0 Å². The van der Waals surface area contributed by atoms with Crippen molar-refractivity contribution in [2.24, 2.45) is 11.8 Å². The summed E-state index contributed by atoms with van der Waals surface area (Å²) in [5, 5.41) is 0. The van der Waals surface area contributed by atoms with Crippen LogP contribution < -0.4 is 0 Å². The highest BCUT2D eigenvalue weighted by molar-refractivity contribution is 5.75. The lowest BCUT2D eigenvalue weighted by Crippen LogP contribution is -1.78. The van der Waals surface area contributed by atoms with Gasteiger partial charge in [-0.3, -0.25) is 0 Å². The van der Waals surface area contributed by atoms with Gasteiger partial charge in [0, 0.05) is 8.41 Å². The molecule has 2 rings (SSSR count). The third kappa shape index (κ3) is 6.18. The molecule has 2 fully saturated rings. The standard InChI is InChI=1S/2C6H12.B/c2*1-6-4-2-3-5-6;/h2*6H,2-5H2,1H3;. The molecule has 75 valence electrons. The second-order valence-electron chi connectivity index (χ2n) is 4.78. The van der Waals surface area contributed by atoms with Crippen molar-refractivity contribution in [2.75, 3.05) is 0 Å². The van der Waals surface area contributed by atoms with Crippen LogP contribution in [-0.4, -0.2) is 8.41 Å². The second kappa shape index (κ2) is 7.47. The van der Waals surface area contributed by atoms with Crippen LogP contribution in [0.25, 0.3) is 0 Å². The molecule has 13 heavy (non-hydrogen) atoms. The Morgan fingerprint density at radius 2 is 0.846 bits per heavy atom. The maximum absolute atomic E-state index is 2.34. The lowest BCUT2D eigenvalue weighted by atomic mass is 10.2. The molecule has 2 saturated carbocycles. The van der Waals surface area contributed by atoms with Crippen LogP contribution in [0.4, 0.5) is 0 Å². The molecule has 0 aromatic carbocycles. The average molecular weight is 179 g/mol. The summed E-state index contributed by atoms with van der Waals surface area (Å²) >= 11 is 0. The van der Waals surface area contributed by atoms with E-state index in [2.05, 4.69) is 13.8 Å². The SMILES string of the molecule is CC1CCCC1.CC1CCCC1.[B]. The zero-order valence-corrected chi connectivity index (χ0v) is 9.39. The van der Waals surface area contributed by atoms with Crippen molar-refractivity contribution in [2.45, 2.75) is 65.2 Å². The first-order valence-electron chi connectivity index (χ1n) is 5.79. The third-order valence-corrected chi connectivity index (χ3v) is 3.29. The molecule has 0 nitrogen and oxygen atoms in total. The van der Waals surface area contributed by atoms with E-state index < -0.39 is 0 Å². The number of hydrogen-bond acceptors (Lipinski definition) is 0. The number of hydrogen-bond donors (Lipinski definition) is 0. The predicted octanol–water partition coefficient (Wildman–Crippen LogP) is 4.01. The van der Waals surface area contributed by atoms with E-state index >= 15 is 0 Å². The summed E-state index contributed by atoms with van der Waals surface area (Å²) in [6, 6.07) is 0. The minimum absolute atomic E-state index is 0. The topological polar surface area (TPSA) is 0 Å². The van der Waals surface area contributed by atoms with Gasteiger partial charge in [-0.05, 0) is 11.8 Å². The van der Waals surface area contributed by atoms with Crippen LogP contribution in [0.15, 0.2) is 0 Å². The molecule has 2 aliphatic rings. The molecular weight excluding hydrogens is 155 g/mol. The highest BCUT2D eigenvalue weighted by atomic mass is 14.1. The van der Waals surface area contributed by atoms with Crippen molar-refractivity contribution in [3.8, 4) is 0 Å². The highest BCUT2D eigenvalue weighted by Crippen LogP contribution is 2.23. The van der Waals surface area contributed by atoms with Crippen LogP contribution in [0, 0.1) is 11.8 Å². The molecular formula is C12H24B. The molecule has 0 saturated heterocycles. The Morgan fingerprint density at radius 3 is 0.923 bits per heavy atom. The van der Waals surface area contributed by atoms with E-state index in [1.807, 2.05) is 0 Å². The van der Waals surface area contributed by atoms with Gasteiger partial charge >= 0.3 is 0 Å². The van der Waals surface area contributed by atoms with Gasteiger partial charge in [0.05, 0.1) is 0 Å². The molecule has 0 spiro atoms. The first-order valence-corrected chi connectivity index (χ1v) is 5.79. The Labute approximate surface area is 86.1 Å². The van der Waals surface area contributed by atoms with Gasteiger partial charge in [-0.25, -0.2) is 0 Å². The van der Waals surface area contributed by atoms with Crippen molar-refractivity contribution in [3.63, 3.8) is 0 Å². The van der Waals surface area contributed by atoms with Gasteiger partial charge in [-0.15, -0.1) is 0 Å². The maximum atomic E-state index is 2.34. The minimum atomic E-state index is 0. The Hall–Kier alpha value is 0.0649. The van der Waals surface area contributed by atoms with E-state index in [0.717, 1.165) is 11.8 Å².